The lowest BCUT2D eigenvalue weighted by atomic mass is 9.62. The molecule has 0 unspecified atom stereocenters. The van der Waals surface area contributed by atoms with Gasteiger partial charge in [-0.25, -0.2) is 0 Å². The van der Waals surface area contributed by atoms with Crippen LogP contribution in [0.1, 0.15) is 24.8 Å². The molecule has 4 bridgehead atoms. The van der Waals surface area contributed by atoms with Crippen LogP contribution in [-0.4, -0.2) is 55.3 Å². The first-order valence-corrected chi connectivity index (χ1v) is 9.22. The molecule has 6 heteroatoms. The molecule has 1 aromatic carbocycles. The quantitative estimate of drug-likeness (QED) is 0.831. The summed E-state index contributed by atoms with van der Waals surface area (Å²) < 4.78 is 36.9. The van der Waals surface area contributed by atoms with E-state index in [4.69, 9.17) is 28.4 Å². The average molecular weight is 346 g/mol. The molecule has 134 valence electrons. The van der Waals surface area contributed by atoms with Gasteiger partial charge in [-0.2, -0.15) is 0 Å². The number of ether oxygens (including phenoxy) is 6. The van der Waals surface area contributed by atoms with Gasteiger partial charge in [0.25, 0.3) is 6.48 Å². The minimum Gasteiger partial charge on any atom is -0.369 e. The van der Waals surface area contributed by atoms with Crippen LogP contribution >= 0.6 is 0 Å². The lowest BCUT2D eigenvalue weighted by molar-refractivity contribution is -0.535. The molecule has 6 aliphatic rings. The molecular weight excluding hydrogens is 324 g/mol. The van der Waals surface area contributed by atoms with Crippen LogP contribution in [0.3, 0.4) is 0 Å². The van der Waals surface area contributed by atoms with Crippen molar-refractivity contribution < 1.29 is 28.4 Å². The van der Waals surface area contributed by atoms with Gasteiger partial charge in [-0.1, -0.05) is 30.3 Å². The molecule has 5 saturated heterocycles. The second-order valence-corrected chi connectivity index (χ2v) is 7.64. The van der Waals surface area contributed by atoms with E-state index >= 15 is 0 Å². The van der Waals surface area contributed by atoms with E-state index in [-0.39, 0.29) is 24.4 Å². The molecule has 6 nitrogen and oxygen atoms in total. The molecule has 5 heterocycles. The Labute approximate surface area is 146 Å². The Hall–Kier alpha value is -1.02. The van der Waals surface area contributed by atoms with Crippen LogP contribution in [0.5, 0.6) is 0 Å². The molecule has 6 fully saturated rings. The van der Waals surface area contributed by atoms with Crippen molar-refractivity contribution in [3.63, 3.8) is 0 Å². The van der Waals surface area contributed by atoms with Gasteiger partial charge < -0.3 is 28.4 Å². The molecule has 0 aromatic heterocycles. The Morgan fingerprint density at radius 1 is 0.920 bits per heavy atom. The van der Waals surface area contributed by atoms with E-state index in [1.807, 2.05) is 18.2 Å². The predicted molar refractivity (Wildman–Crippen MR) is 84.6 cm³/mol. The second-order valence-electron chi connectivity index (χ2n) is 7.64. The van der Waals surface area contributed by atoms with Gasteiger partial charge in [0.05, 0.1) is 13.2 Å². The third-order valence-electron chi connectivity index (χ3n) is 6.44. The first kappa shape index (κ1) is 15.1. The number of hydrogen-bond donors (Lipinski definition) is 0. The Bertz CT molecular complexity index is 653. The average Bonchev–Trinajstić information content (AvgIpc) is 3.09. The highest BCUT2D eigenvalue weighted by Crippen LogP contribution is 2.59. The van der Waals surface area contributed by atoms with Crippen molar-refractivity contribution in [3.05, 3.63) is 35.9 Å². The summed E-state index contributed by atoms with van der Waals surface area (Å²) in [4.78, 5) is 0. The van der Waals surface area contributed by atoms with Gasteiger partial charge in [0, 0.05) is 13.0 Å². The van der Waals surface area contributed by atoms with E-state index in [1.165, 1.54) is 0 Å². The number of rotatable bonds is 3. The topological polar surface area (TPSA) is 55.4 Å². The van der Waals surface area contributed by atoms with Crippen LogP contribution in [0, 0.1) is 0 Å². The van der Waals surface area contributed by atoms with E-state index < -0.39 is 17.7 Å². The van der Waals surface area contributed by atoms with Gasteiger partial charge in [0.1, 0.15) is 35.6 Å². The fraction of sp³-hybridized carbons (Fsp3) is 0.684. The summed E-state index contributed by atoms with van der Waals surface area (Å²) in [5, 5.41) is 0. The Morgan fingerprint density at radius 3 is 2.28 bits per heavy atom. The Kier molecular flexibility index (Phi) is 3.17. The van der Waals surface area contributed by atoms with E-state index in [0.717, 1.165) is 38.0 Å². The Balaban J connectivity index is 1.35. The van der Waals surface area contributed by atoms with Crippen molar-refractivity contribution in [3.8, 4) is 0 Å². The third kappa shape index (κ3) is 1.90. The first-order chi connectivity index (χ1) is 12.3. The van der Waals surface area contributed by atoms with Gasteiger partial charge >= 0.3 is 0 Å². The summed E-state index contributed by atoms with van der Waals surface area (Å²) in [5.41, 5.74) is 0.207. The highest BCUT2D eigenvalue weighted by molar-refractivity contribution is 5.24. The summed E-state index contributed by atoms with van der Waals surface area (Å²) in [7, 11) is 0. The minimum atomic E-state index is -0.624. The van der Waals surface area contributed by atoms with E-state index in [0.29, 0.717) is 6.61 Å². The predicted octanol–water partition coefficient (Wildman–Crippen LogP) is 1.76. The maximum absolute atomic E-state index is 6.36. The van der Waals surface area contributed by atoms with Crippen LogP contribution in [0.25, 0.3) is 0 Å². The van der Waals surface area contributed by atoms with Gasteiger partial charge in [-0.15, -0.1) is 0 Å². The fourth-order valence-corrected chi connectivity index (χ4v) is 5.31. The Morgan fingerprint density at radius 2 is 1.64 bits per heavy atom. The first-order valence-electron chi connectivity index (χ1n) is 9.22. The maximum Gasteiger partial charge on any atom is 0.273 e. The van der Waals surface area contributed by atoms with Gasteiger partial charge in [0.2, 0.25) is 0 Å². The molecule has 7 atom stereocenters. The molecule has 25 heavy (non-hydrogen) atoms. The minimum absolute atomic E-state index is 0.129. The molecule has 0 N–H and O–H groups in total. The van der Waals surface area contributed by atoms with Crippen LogP contribution in [-0.2, 0) is 35.0 Å². The molecule has 1 saturated carbocycles. The number of benzene rings is 1. The van der Waals surface area contributed by atoms with Gasteiger partial charge in [0.15, 0.2) is 0 Å². The van der Waals surface area contributed by atoms with Crippen molar-refractivity contribution >= 4 is 0 Å². The lowest BCUT2D eigenvalue weighted by Gasteiger charge is -2.69. The van der Waals surface area contributed by atoms with Crippen LogP contribution < -0.4 is 0 Å². The monoisotopic (exact) mass is 346 g/mol. The molecule has 2 spiro atoms. The normalized spacial score (nSPS) is 49.8. The zero-order chi connectivity index (χ0) is 16.5. The summed E-state index contributed by atoms with van der Waals surface area (Å²) in [6, 6.07) is 10.2. The smallest absolute Gasteiger partial charge is 0.273 e. The highest BCUT2D eigenvalue weighted by atomic mass is 16.9. The molecule has 1 aromatic rings. The molecule has 1 aliphatic carbocycles. The molecular formula is C19H22O6. The summed E-state index contributed by atoms with van der Waals surface area (Å²) in [6.45, 7) is 1.36. The lowest BCUT2D eigenvalue weighted by Crippen LogP contribution is -2.87. The van der Waals surface area contributed by atoms with Crippen LogP contribution in [0.15, 0.2) is 30.3 Å². The molecule has 5 aliphatic heterocycles. The third-order valence-corrected chi connectivity index (χ3v) is 6.44. The molecule has 0 radical (unpaired) electrons. The summed E-state index contributed by atoms with van der Waals surface area (Å²) in [6.07, 6.45) is 2.16. The van der Waals surface area contributed by atoms with E-state index in [1.54, 1.807) is 0 Å². The maximum atomic E-state index is 6.36. The SMILES string of the molecule is c1ccc(CO[C@@H]2[C@H]3O[C@@H]4O[C@@H]([C@]35CCCO5)[C@]3(CCO3)[C@@H]2O4)cc1. The fourth-order valence-electron chi connectivity index (χ4n) is 5.31. The zero-order valence-electron chi connectivity index (χ0n) is 14.0. The standard InChI is InChI=1S/C19H22O6/c1-2-5-12(6-3-1)11-20-13-14-18(7-4-9-21-18)16-19(8-10-22-19)15(13)24-17(23-14)25-16/h1-3,5-6,13-17H,4,7-11H2/t13-,14-,15-,16+,17+,18+,19+/m1/s1. The zero-order valence-corrected chi connectivity index (χ0v) is 14.0. The summed E-state index contributed by atoms with van der Waals surface area (Å²) in [5.74, 6) is 0. The van der Waals surface area contributed by atoms with E-state index in [9.17, 15) is 0 Å². The van der Waals surface area contributed by atoms with E-state index in [2.05, 4.69) is 12.1 Å². The van der Waals surface area contributed by atoms with Crippen molar-refractivity contribution in [2.45, 2.75) is 68.0 Å². The van der Waals surface area contributed by atoms with Crippen LogP contribution in [0.2, 0.25) is 0 Å². The van der Waals surface area contributed by atoms with Crippen molar-refractivity contribution in [1.82, 2.24) is 0 Å². The summed E-state index contributed by atoms with van der Waals surface area (Å²) >= 11 is 0. The second kappa shape index (κ2) is 5.25. The van der Waals surface area contributed by atoms with Crippen molar-refractivity contribution in [1.29, 1.82) is 0 Å². The highest BCUT2D eigenvalue weighted by Gasteiger charge is 2.78. The van der Waals surface area contributed by atoms with Crippen molar-refractivity contribution in [2.24, 2.45) is 0 Å². The van der Waals surface area contributed by atoms with Crippen LogP contribution in [0.4, 0.5) is 0 Å². The van der Waals surface area contributed by atoms with Gasteiger partial charge in [-0.3, -0.25) is 0 Å². The molecule has 0 amide bonds. The number of hydrogen-bond acceptors (Lipinski definition) is 6. The molecule has 7 rings (SSSR count). The largest absolute Gasteiger partial charge is 0.369 e. The van der Waals surface area contributed by atoms with Crippen molar-refractivity contribution in [2.75, 3.05) is 13.2 Å². The van der Waals surface area contributed by atoms with Gasteiger partial charge in [-0.05, 0) is 18.4 Å².